The van der Waals surface area contributed by atoms with Gasteiger partial charge in [0.15, 0.2) is 7.85 Å². The molecule has 0 unspecified atom stereocenters. The van der Waals surface area contributed by atoms with E-state index in [0.717, 1.165) is 0 Å². The van der Waals surface area contributed by atoms with Crippen molar-refractivity contribution < 1.29 is 0 Å². The van der Waals surface area contributed by atoms with Gasteiger partial charge in [-0.25, -0.2) is 0 Å². The van der Waals surface area contributed by atoms with Crippen molar-refractivity contribution in [2.24, 2.45) is 0 Å². The first-order chi connectivity index (χ1) is 6.02. The molecule has 0 aromatic carbocycles. The molecule has 3 heteroatoms. The molecular weight excluding hydrogens is 177 g/mol. The quantitative estimate of drug-likeness (QED) is 0.706. The molecule has 0 bridgehead atoms. The molecule has 13 heavy (non-hydrogen) atoms. The molecule has 0 radical (unpaired) electrons. The summed E-state index contributed by atoms with van der Waals surface area (Å²) in [5, 5.41) is 5.38. The summed E-state index contributed by atoms with van der Waals surface area (Å²) in [6.07, 6.45) is 0. The number of nitrogens with one attached hydrogen (secondary N) is 1. The Morgan fingerprint density at radius 1 is 1.23 bits per heavy atom. The van der Waals surface area contributed by atoms with Crippen LogP contribution in [-0.4, -0.2) is 19.9 Å². The number of hydrogen-bond donors (Lipinski definition) is 1. The minimum Gasteiger partial charge on any atom is -0.312 e. The van der Waals surface area contributed by atoms with E-state index in [1.807, 2.05) is 0 Å². The average molecular weight is 197 g/mol. The summed E-state index contributed by atoms with van der Waals surface area (Å²) < 4.78 is 1.38. The lowest BCUT2D eigenvalue weighted by atomic mass is 10.1. The van der Waals surface area contributed by atoms with Crippen LogP contribution in [0, 0.1) is 0 Å². The fourth-order valence-corrected chi connectivity index (χ4v) is 1.56. The van der Waals surface area contributed by atoms with Gasteiger partial charge in [-0.1, -0.05) is 39.8 Å². The van der Waals surface area contributed by atoms with Gasteiger partial charge >= 0.3 is 0 Å². The normalized spacial score (nSPS) is 10.0. The molecule has 0 fully saturated rings. The van der Waals surface area contributed by atoms with Gasteiger partial charge in [0.1, 0.15) is 0 Å². The molecule has 1 aromatic rings. The van der Waals surface area contributed by atoms with Crippen LogP contribution in [0.4, 0.5) is 0 Å². The first kappa shape index (κ1) is 12.7. The lowest BCUT2D eigenvalue weighted by molar-refractivity contribution is 0.518. The van der Waals surface area contributed by atoms with Crippen molar-refractivity contribution in [2.75, 3.05) is 0 Å². The van der Waals surface area contributed by atoms with Crippen molar-refractivity contribution in [3.63, 3.8) is 0 Å². The molecule has 74 valence electrons. The third-order valence-electron chi connectivity index (χ3n) is 1.33. The summed E-state index contributed by atoms with van der Waals surface area (Å²) in [6, 6.07) is 5.41. The molecule has 0 saturated carbocycles. The zero-order valence-electron chi connectivity index (χ0n) is 9.29. The molecule has 0 atom stereocenters. The van der Waals surface area contributed by atoms with E-state index < -0.39 is 0 Å². The first-order valence-corrected chi connectivity index (χ1v) is 5.66. The Balaban J connectivity index is 0.000000223. The molecular formula is C10H20BNS. The first-order valence-electron chi connectivity index (χ1n) is 4.78. The van der Waals surface area contributed by atoms with Crippen LogP contribution in [0.2, 0.25) is 0 Å². The zero-order chi connectivity index (χ0) is 10.3. The highest BCUT2D eigenvalue weighted by atomic mass is 32.1. The molecule has 1 heterocycles. The molecule has 0 aliphatic carbocycles. The minimum atomic E-state index is 0.625. The van der Waals surface area contributed by atoms with E-state index in [0.29, 0.717) is 12.1 Å². The van der Waals surface area contributed by atoms with Gasteiger partial charge in [-0.15, -0.1) is 0 Å². The monoisotopic (exact) mass is 197 g/mol. The summed E-state index contributed by atoms with van der Waals surface area (Å²) in [5.74, 6) is 0. The molecule has 0 amide bonds. The largest absolute Gasteiger partial charge is 0.312 e. The zero-order valence-corrected chi connectivity index (χ0v) is 10.1. The fourth-order valence-electron chi connectivity index (χ4n) is 1.03. The van der Waals surface area contributed by atoms with Crippen molar-refractivity contribution in [2.45, 2.75) is 39.8 Å². The fraction of sp³-hybridized carbons (Fsp3) is 0.600. The van der Waals surface area contributed by atoms with E-state index in [2.05, 4.69) is 58.4 Å². The predicted octanol–water partition coefficient (Wildman–Crippen LogP) is 1.40. The summed E-state index contributed by atoms with van der Waals surface area (Å²) in [6.45, 7) is 8.61. The molecule has 0 aliphatic rings. The summed E-state index contributed by atoms with van der Waals surface area (Å²) in [5.41, 5.74) is 0. The highest BCUT2D eigenvalue weighted by Gasteiger charge is 1.92. The SMILES string of the molecule is Bc1cccs1.CC(C)NC(C)C. The maximum atomic E-state index is 3.31. The van der Waals surface area contributed by atoms with Crippen LogP contribution in [0.3, 0.4) is 0 Å². The highest BCUT2D eigenvalue weighted by molar-refractivity contribution is 7.18. The van der Waals surface area contributed by atoms with E-state index in [4.69, 9.17) is 0 Å². The Bertz CT molecular complexity index is 189. The minimum absolute atomic E-state index is 0.625. The van der Waals surface area contributed by atoms with E-state index >= 15 is 0 Å². The van der Waals surface area contributed by atoms with Crippen LogP contribution in [0.5, 0.6) is 0 Å². The molecule has 1 aromatic heterocycles. The summed E-state index contributed by atoms with van der Waals surface area (Å²) in [7, 11) is 2.10. The summed E-state index contributed by atoms with van der Waals surface area (Å²) >= 11 is 1.78. The smallest absolute Gasteiger partial charge is 0.152 e. The second kappa shape index (κ2) is 7.16. The maximum Gasteiger partial charge on any atom is 0.152 e. The van der Waals surface area contributed by atoms with E-state index in [-0.39, 0.29) is 0 Å². The van der Waals surface area contributed by atoms with Crippen LogP contribution in [0.15, 0.2) is 17.5 Å². The van der Waals surface area contributed by atoms with E-state index in [9.17, 15) is 0 Å². The lowest BCUT2D eigenvalue weighted by Gasteiger charge is -2.10. The second-order valence-corrected chi connectivity index (χ2v) is 4.85. The van der Waals surface area contributed by atoms with Gasteiger partial charge in [0, 0.05) is 12.1 Å². The van der Waals surface area contributed by atoms with Crippen molar-refractivity contribution in [1.82, 2.24) is 5.32 Å². The van der Waals surface area contributed by atoms with Crippen LogP contribution >= 0.6 is 11.3 Å². The van der Waals surface area contributed by atoms with Crippen LogP contribution in [-0.2, 0) is 0 Å². The van der Waals surface area contributed by atoms with Gasteiger partial charge in [0.05, 0.1) is 0 Å². The molecule has 1 nitrogen and oxygen atoms in total. The highest BCUT2D eigenvalue weighted by Crippen LogP contribution is 1.87. The Kier molecular flexibility index (Phi) is 7.01. The van der Waals surface area contributed by atoms with E-state index in [1.165, 1.54) is 4.78 Å². The maximum absolute atomic E-state index is 3.31. The molecule has 0 spiro atoms. The number of hydrogen-bond acceptors (Lipinski definition) is 2. The van der Waals surface area contributed by atoms with Gasteiger partial charge in [0.2, 0.25) is 0 Å². The van der Waals surface area contributed by atoms with Gasteiger partial charge in [0.25, 0.3) is 0 Å². The Morgan fingerprint density at radius 2 is 1.77 bits per heavy atom. The van der Waals surface area contributed by atoms with Crippen molar-refractivity contribution in [3.8, 4) is 0 Å². The van der Waals surface area contributed by atoms with Gasteiger partial charge in [-0.3, -0.25) is 0 Å². The van der Waals surface area contributed by atoms with Crippen molar-refractivity contribution in [1.29, 1.82) is 0 Å². The standard InChI is InChI=1S/C6H15N.C4H5BS/c1-5(2)7-6(3)4;5-4-2-1-3-6-4/h5-7H,1-4H3;1-3H,5H2. The second-order valence-electron chi connectivity index (χ2n) is 3.70. The van der Waals surface area contributed by atoms with Crippen LogP contribution in [0.25, 0.3) is 0 Å². The van der Waals surface area contributed by atoms with Crippen LogP contribution in [0.1, 0.15) is 27.7 Å². The molecule has 0 saturated heterocycles. The summed E-state index contributed by atoms with van der Waals surface area (Å²) in [4.78, 5) is 0. The number of rotatable bonds is 2. The lowest BCUT2D eigenvalue weighted by Crippen LogP contribution is -2.29. The van der Waals surface area contributed by atoms with E-state index in [1.54, 1.807) is 11.3 Å². The topological polar surface area (TPSA) is 12.0 Å². The third-order valence-corrected chi connectivity index (χ3v) is 2.13. The Morgan fingerprint density at radius 3 is 1.85 bits per heavy atom. The third kappa shape index (κ3) is 9.64. The van der Waals surface area contributed by atoms with Gasteiger partial charge in [-0.2, -0.15) is 11.3 Å². The van der Waals surface area contributed by atoms with Gasteiger partial charge < -0.3 is 5.32 Å². The number of thiophene rings is 1. The van der Waals surface area contributed by atoms with Crippen molar-refractivity contribution >= 4 is 24.0 Å². The molecule has 1 N–H and O–H groups in total. The molecule has 1 rings (SSSR count). The van der Waals surface area contributed by atoms with Crippen molar-refractivity contribution in [3.05, 3.63) is 17.5 Å². The predicted molar refractivity (Wildman–Crippen MR) is 65.9 cm³/mol. The Labute approximate surface area is 87.0 Å². The van der Waals surface area contributed by atoms with Gasteiger partial charge in [-0.05, 0) is 10.2 Å². The van der Waals surface area contributed by atoms with Crippen LogP contribution < -0.4 is 10.1 Å². The average Bonchev–Trinajstić information content (AvgIpc) is 2.37. The molecule has 0 aliphatic heterocycles. The Hall–Kier alpha value is -0.275.